The van der Waals surface area contributed by atoms with Gasteiger partial charge in [0.15, 0.2) is 0 Å². The highest BCUT2D eigenvalue weighted by Gasteiger charge is 2.50. The second kappa shape index (κ2) is 4.72. The molecule has 2 fully saturated rings. The van der Waals surface area contributed by atoms with Gasteiger partial charge >= 0.3 is 5.97 Å². The largest absolute Gasteiger partial charge is 0.465 e. The van der Waals surface area contributed by atoms with Gasteiger partial charge in [-0.1, -0.05) is 0 Å². The van der Waals surface area contributed by atoms with Crippen LogP contribution < -0.4 is 0 Å². The number of aliphatic hydroxyl groups is 1. The zero-order valence-electron chi connectivity index (χ0n) is 9.95. The molecule has 0 amide bonds. The Morgan fingerprint density at radius 2 is 2.06 bits per heavy atom. The van der Waals surface area contributed by atoms with Crippen molar-refractivity contribution >= 4 is 5.97 Å². The van der Waals surface area contributed by atoms with Crippen molar-refractivity contribution in [3.05, 3.63) is 0 Å². The molecule has 1 heterocycles. The summed E-state index contributed by atoms with van der Waals surface area (Å²) in [6.07, 6.45) is 4.32. The molecule has 0 aromatic rings. The zero-order valence-corrected chi connectivity index (χ0v) is 9.95. The molecule has 1 saturated carbocycles. The van der Waals surface area contributed by atoms with Crippen molar-refractivity contribution in [1.29, 1.82) is 0 Å². The molecule has 0 atom stereocenters. The Morgan fingerprint density at radius 3 is 2.50 bits per heavy atom. The fourth-order valence-electron chi connectivity index (χ4n) is 2.72. The van der Waals surface area contributed by atoms with Crippen molar-refractivity contribution in [3.8, 4) is 0 Å². The summed E-state index contributed by atoms with van der Waals surface area (Å²) in [5.41, 5.74) is -0.351. The molecule has 0 bridgehead atoms. The van der Waals surface area contributed by atoms with Crippen LogP contribution in [0.2, 0.25) is 0 Å². The van der Waals surface area contributed by atoms with Crippen molar-refractivity contribution in [1.82, 2.24) is 4.90 Å². The van der Waals surface area contributed by atoms with Gasteiger partial charge in [0.2, 0.25) is 0 Å². The predicted octanol–water partition coefficient (Wildman–Crippen LogP) is 0.929. The van der Waals surface area contributed by atoms with Gasteiger partial charge in [-0.2, -0.15) is 0 Å². The molecule has 0 aromatic carbocycles. The maximum atomic E-state index is 12.0. The van der Waals surface area contributed by atoms with Crippen LogP contribution in [0, 0.1) is 0 Å². The minimum Gasteiger partial charge on any atom is -0.465 e. The molecule has 92 valence electrons. The minimum absolute atomic E-state index is 0.0577. The maximum absolute atomic E-state index is 12.0. The Balaban J connectivity index is 2.01. The van der Waals surface area contributed by atoms with E-state index in [2.05, 4.69) is 4.90 Å². The summed E-state index contributed by atoms with van der Waals surface area (Å²) in [7, 11) is 0. The van der Waals surface area contributed by atoms with Gasteiger partial charge in [0, 0.05) is 13.1 Å². The summed E-state index contributed by atoms with van der Waals surface area (Å²) in [6.45, 7) is 3.95. The van der Waals surface area contributed by atoms with Crippen LogP contribution in [-0.2, 0) is 9.53 Å². The molecule has 0 radical (unpaired) electrons. The van der Waals surface area contributed by atoms with Crippen LogP contribution in [0.3, 0.4) is 0 Å². The topological polar surface area (TPSA) is 49.8 Å². The standard InChI is InChI=1S/C12H21NO3/c1-2-16-11(15)12(6-3-7-12)13-8-4-10(14)5-9-13/h10,14H,2-9H2,1H3. The zero-order chi connectivity index (χ0) is 11.6. The van der Waals surface area contributed by atoms with E-state index in [1.54, 1.807) is 0 Å². The number of hydrogen-bond donors (Lipinski definition) is 1. The van der Waals surface area contributed by atoms with Crippen molar-refractivity contribution < 1.29 is 14.6 Å². The van der Waals surface area contributed by atoms with E-state index in [1.165, 1.54) is 0 Å². The lowest BCUT2D eigenvalue weighted by molar-refractivity contribution is -0.167. The van der Waals surface area contributed by atoms with E-state index in [0.29, 0.717) is 6.61 Å². The molecular weight excluding hydrogens is 206 g/mol. The molecule has 2 aliphatic rings. The Labute approximate surface area is 96.6 Å². The molecule has 4 nitrogen and oxygen atoms in total. The molecule has 1 aliphatic heterocycles. The molecule has 0 aromatic heterocycles. The highest BCUT2D eigenvalue weighted by Crippen LogP contribution is 2.40. The van der Waals surface area contributed by atoms with Crippen LogP contribution in [0.15, 0.2) is 0 Å². The average Bonchev–Trinajstić information content (AvgIpc) is 2.19. The summed E-state index contributed by atoms with van der Waals surface area (Å²) in [6, 6.07) is 0. The van der Waals surface area contributed by atoms with E-state index < -0.39 is 0 Å². The first kappa shape index (κ1) is 11.9. The lowest BCUT2D eigenvalue weighted by atomic mass is 9.74. The van der Waals surface area contributed by atoms with E-state index in [0.717, 1.165) is 45.2 Å². The van der Waals surface area contributed by atoms with Gasteiger partial charge in [0.25, 0.3) is 0 Å². The molecule has 16 heavy (non-hydrogen) atoms. The Kier molecular flexibility index (Phi) is 3.50. The quantitative estimate of drug-likeness (QED) is 0.729. The number of nitrogens with zero attached hydrogens (tertiary/aromatic N) is 1. The Morgan fingerprint density at radius 1 is 1.44 bits per heavy atom. The third-order valence-electron chi connectivity index (χ3n) is 3.91. The SMILES string of the molecule is CCOC(=O)C1(N2CCC(O)CC2)CCC1. The van der Waals surface area contributed by atoms with Crippen LogP contribution in [-0.4, -0.2) is 47.3 Å². The highest BCUT2D eigenvalue weighted by molar-refractivity contribution is 5.82. The lowest BCUT2D eigenvalue weighted by Gasteiger charge is -2.49. The minimum atomic E-state index is -0.351. The Bertz CT molecular complexity index is 255. The van der Waals surface area contributed by atoms with Gasteiger partial charge in [-0.25, -0.2) is 0 Å². The van der Waals surface area contributed by atoms with Crippen LogP contribution in [0.4, 0.5) is 0 Å². The fraction of sp³-hybridized carbons (Fsp3) is 0.917. The van der Waals surface area contributed by atoms with Crippen LogP contribution >= 0.6 is 0 Å². The number of esters is 1. The van der Waals surface area contributed by atoms with Gasteiger partial charge in [-0.05, 0) is 39.0 Å². The first-order valence-electron chi connectivity index (χ1n) is 6.29. The molecule has 0 spiro atoms. The second-order valence-electron chi connectivity index (χ2n) is 4.82. The lowest BCUT2D eigenvalue weighted by Crippen LogP contribution is -2.62. The third-order valence-corrected chi connectivity index (χ3v) is 3.91. The van der Waals surface area contributed by atoms with E-state index in [-0.39, 0.29) is 17.6 Å². The van der Waals surface area contributed by atoms with Gasteiger partial charge in [0.1, 0.15) is 5.54 Å². The second-order valence-corrected chi connectivity index (χ2v) is 4.82. The number of carbonyl (C=O) groups is 1. The van der Waals surface area contributed by atoms with E-state index in [1.807, 2.05) is 6.92 Å². The molecule has 1 saturated heterocycles. The first-order chi connectivity index (χ1) is 7.69. The number of piperidine rings is 1. The third kappa shape index (κ3) is 1.96. The monoisotopic (exact) mass is 227 g/mol. The van der Waals surface area contributed by atoms with Crippen molar-refractivity contribution in [2.45, 2.75) is 50.7 Å². The summed E-state index contributed by atoms with van der Waals surface area (Å²) in [5, 5.41) is 9.48. The molecular formula is C12H21NO3. The number of ether oxygens (including phenoxy) is 1. The number of carbonyl (C=O) groups excluding carboxylic acids is 1. The highest BCUT2D eigenvalue weighted by atomic mass is 16.5. The van der Waals surface area contributed by atoms with Gasteiger partial charge in [-0.15, -0.1) is 0 Å². The van der Waals surface area contributed by atoms with Crippen LogP contribution in [0.1, 0.15) is 39.0 Å². The molecule has 1 aliphatic carbocycles. The predicted molar refractivity (Wildman–Crippen MR) is 60.0 cm³/mol. The summed E-state index contributed by atoms with van der Waals surface area (Å²) < 4.78 is 5.19. The number of aliphatic hydroxyl groups excluding tert-OH is 1. The normalized spacial score (nSPS) is 26.1. The molecule has 1 N–H and O–H groups in total. The van der Waals surface area contributed by atoms with Crippen LogP contribution in [0.5, 0.6) is 0 Å². The molecule has 2 rings (SSSR count). The number of hydrogen-bond acceptors (Lipinski definition) is 4. The van der Waals surface area contributed by atoms with Gasteiger partial charge in [-0.3, -0.25) is 9.69 Å². The van der Waals surface area contributed by atoms with Crippen molar-refractivity contribution in [2.24, 2.45) is 0 Å². The molecule has 0 unspecified atom stereocenters. The first-order valence-corrected chi connectivity index (χ1v) is 6.29. The smallest absolute Gasteiger partial charge is 0.326 e. The molecule has 4 heteroatoms. The van der Waals surface area contributed by atoms with Crippen molar-refractivity contribution in [2.75, 3.05) is 19.7 Å². The van der Waals surface area contributed by atoms with Gasteiger partial charge in [0.05, 0.1) is 12.7 Å². The van der Waals surface area contributed by atoms with E-state index in [4.69, 9.17) is 4.74 Å². The fourth-order valence-corrected chi connectivity index (χ4v) is 2.72. The number of rotatable bonds is 3. The van der Waals surface area contributed by atoms with E-state index >= 15 is 0 Å². The van der Waals surface area contributed by atoms with Crippen LogP contribution in [0.25, 0.3) is 0 Å². The summed E-state index contributed by atoms with van der Waals surface area (Å²) in [5.74, 6) is -0.0577. The average molecular weight is 227 g/mol. The van der Waals surface area contributed by atoms with Crippen molar-refractivity contribution in [3.63, 3.8) is 0 Å². The maximum Gasteiger partial charge on any atom is 0.326 e. The van der Waals surface area contributed by atoms with E-state index in [9.17, 15) is 9.90 Å². The van der Waals surface area contributed by atoms with Gasteiger partial charge < -0.3 is 9.84 Å². The Hall–Kier alpha value is -0.610. The summed E-state index contributed by atoms with van der Waals surface area (Å²) >= 11 is 0. The number of likely N-dealkylation sites (tertiary alicyclic amines) is 1. The summed E-state index contributed by atoms with van der Waals surface area (Å²) in [4.78, 5) is 14.2.